The Morgan fingerprint density at radius 2 is 2.07 bits per heavy atom. The quantitative estimate of drug-likeness (QED) is 0.804. The second-order valence-electron chi connectivity index (χ2n) is 4.07. The minimum absolute atomic E-state index is 0.301. The van der Waals surface area contributed by atoms with Gasteiger partial charge in [-0.25, -0.2) is 0 Å². The Balaban J connectivity index is 2.59. The third-order valence-electron chi connectivity index (χ3n) is 2.62. The first-order valence-electron chi connectivity index (χ1n) is 5.36. The monoisotopic (exact) mass is 208 g/mol. The van der Waals surface area contributed by atoms with Crippen molar-refractivity contribution < 1.29 is 9.84 Å². The lowest BCUT2D eigenvalue weighted by atomic mass is 9.99. The van der Waals surface area contributed by atoms with Crippen LogP contribution in [0, 0.1) is 13.8 Å². The second kappa shape index (κ2) is 5.89. The Hall–Kier alpha value is -0.860. The first kappa shape index (κ1) is 12.2. The van der Waals surface area contributed by atoms with Gasteiger partial charge in [-0.3, -0.25) is 0 Å². The third kappa shape index (κ3) is 4.02. The van der Waals surface area contributed by atoms with Crippen LogP contribution in [0.3, 0.4) is 0 Å². The van der Waals surface area contributed by atoms with E-state index in [4.69, 9.17) is 4.74 Å². The molecule has 2 nitrogen and oxygen atoms in total. The lowest BCUT2D eigenvalue weighted by molar-refractivity contribution is 0.110. The molecule has 0 aliphatic carbocycles. The van der Waals surface area contributed by atoms with Gasteiger partial charge in [0.05, 0.1) is 6.10 Å². The lowest BCUT2D eigenvalue weighted by Gasteiger charge is -2.12. The molecule has 0 aliphatic heterocycles. The van der Waals surface area contributed by atoms with Gasteiger partial charge in [-0.15, -0.1) is 0 Å². The maximum Gasteiger partial charge on any atom is 0.0602 e. The smallest absolute Gasteiger partial charge is 0.0602 e. The highest BCUT2D eigenvalue weighted by atomic mass is 16.5. The van der Waals surface area contributed by atoms with Gasteiger partial charge in [0.2, 0.25) is 0 Å². The maximum atomic E-state index is 9.77. The van der Waals surface area contributed by atoms with Gasteiger partial charge in [0.25, 0.3) is 0 Å². The third-order valence-corrected chi connectivity index (χ3v) is 2.62. The fourth-order valence-electron chi connectivity index (χ4n) is 1.63. The average Bonchev–Trinajstić information content (AvgIpc) is 2.20. The van der Waals surface area contributed by atoms with Crippen LogP contribution < -0.4 is 0 Å². The SMILES string of the molecule is COCCC(O)Cc1cc(C)ccc1C. The number of ether oxygens (including phenoxy) is 1. The first-order valence-corrected chi connectivity index (χ1v) is 5.36. The van der Waals surface area contributed by atoms with E-state index >= 15 is 0 Å². The summed E-state index contributed by atoms with van der Waals surface area (Å²) in [6.07, 6.45) is 1.12. The van der Waals surface area contributed by atoms with Crippen LogP contribution in [0.4, 0.5) is 0 Å². The maximum absolute atomic E-state index is 9.77. The number of hydrogen-bond donors (Lipinski definition) is 1. The topological polar surface area (TPSA) is 29.5 Å². The Kier molecular flexibility index (Phi) is 4.79. The molecular weight excluding hydrogens is 188 g/mol. The summed E-state index contributed by atoms with van der Waals surface area (Å²) in [5.41, 5.74) is 3.73. The van der Waals surface area contributed by atoms with Gasteiger partial charge in [-0.2, -0.15) is 0 Å². The number of aliphatic hydroxyl groups is 1. The van der Waals surface area contributed by atoms with Crippen molar-refractivity contribution in [3.63, 3.8) is 0 Å². The highest BCUT2D eigenvalue weighted by Crippen LogP contribution is 2.13. The zero-order valence-corrected chi connectivity index (χ0v) is 9.79. The molecule has 0 bridgehead atoms. The Morgan fingerprint density at radius 3 is 2.73 bits per heavy atom. The van der Waals surface area contributed by atoms with Crippen LogP contribution in [0.15, 0.2) is 18.2 Å². The summed E-state index contributed by atoms with van der Waals surface area (Å²) in [6.45, 7) is 4.77. The molecule has 0 spiro atoms. The van der Waals surface area contributed by atoms with E-state index in [9.17, 15) is 5.11 Å². The van der Waals surface area contributed by atoms with E-state index in [1.54, 1.807) is 7.11 Å². The largest absolute Gasteiger partial charge is 0.393 e. The van der Waals surface area contributed by atoms with Crippen LogP contribution in [-0.4, -0.2) is 24.9 Å². The average molecular weight is 208 g/mol. The zero-order chi connectivity index (χ0) is 11.3. The number of benzene rings is 1. The molecule has 0 radical (unpaired) electrons. The lowest BCUT2D eigenvalue weighted by Crippen LogP contribution is -2.13. The van der Waals surface area contributed by atoms with E-state index in [0.717, 1.165) is 6.42 Å². The Labute approximate surface area is 91.9 Å². The Bertz CT molecular complexity index is 307. The summed E-state index contributed by atoms with van der Waals surface area (Å²) < 4.78 is 4.94. The Morgan fingerprint density at radius 1 is 1.33 bits per heavy atom. The fourth-order valence-corrected chi connectivity index (χ4v) is 1.63. The predicted molar refractivity (Wildman–Crippen MR) is 62.1 cm³/mol. The van der Waals surface area contributed by atoms with E-state index in [1.165, 1.54) is 16.7 Å². The van der Waals surface area contributed by atoms with Crippen molar-refractivity contribution in [3.8, 4) is 0 Å². The minimum Gasteiger partial charge on any atom is -0.393 e. The molecule has 84 valence electrons. The van der Waals surface area contributed by atoms with Crippen LogP contribution in [0.1, 0.15) is 23.1 Å². The van der Waals surface area contributed by atoms with Crippen molar-refractivity contribution in [2.45, 2.75) is 32.8 Å². The summed E-state index contributed by atoms with van der Waals surface area (Å²) >= 11 is 0. The minimum atomic E-state index is -0.301. The van der Waals surface area contributed by atoms with Crippen molar-refractivity contribution in [2.24, 2.45) is 0 Å². The van der Waals surface area contributed by atoms with Crippen molar-refractivity contribution in [3.05, 3.63) is 34.9 Å². The summed E-state index contributed by atoms with van der Waals surface area (Å²) in [6, 6.07) is 6.35. The van der Waals surface area contributed by atoms with Gasteiger partial charge in [0.15, 0.2) is 0 Å². The summed E-state index contributed by atoms with van der Waals surface area (Å²) in [7, 11) is 1.66. The molecule has 0 aromatic heterocycles. The normalized spacial score (nSPS) is 12.8. The van der Waals surface area contributed by atoms with Crippen LogP contribution in [0.25, 0.3) is 0 Å². The first-order chi connectivity index (χ1) is 7.13. The molecule has 0 heterocycles. The molecule has 1 N–H and O–H groups in total. The molecule has 15 heavy (non-hydrogen) atoms. The highest BCUT2D eigenvalue weighted by Gasteiger charge is 2.07. The van der Waals surface area contributed by atoms with E-state index in [-0.39, 0.29) is 6.10 Å². The molecule has 0 amide bonds. The molecule has 1 aromatic carbocycles. The molecule has 1 atom stereocenters. The molecule has 1 rings (SSSR count). The van der Waals surface area contributed by atoms with Crippen molar-refractivity contribution in [1.29, 1.82) is 0 Å². The molecule has 0 saturated heterocycles. The van der Waals surface area contributed by atoms with E-state index in [1.807, 2.05) is 0 Å². The van der Waals surface area contributed by atoms with Gasteiger partial charge in [-0.1, -0.05) is 23.8 Å². The van der Waals surface area contributed by atoms with Crippen molar-refractivity contribution >= 4 is 0 Å². The van der Waals surface area contributed by atoms with Gasteiger partial charge in [0, 0.05) is 13.7 Å². The molecule has 2 heteroatoms. The number of methoxy groups -OCH3 is 1. The van der Waals surface area contributed by atoms with E-state index in [2.05, 4.69) is 32.0 Å². The molecule has 0 aliphatic rings. The van der Waals surface area contributed by atoms with Crippen LogP contribution in [0.2, 0.25) is 0 Å². The summed E-state index contributed by atoms with van der Waals surface area (Å²) in [5.74, 6) is 0. The molecule has 1 aromatic rings. The zero-order valence-electron chi connectivity index (χ0n) is 9.79. The van der Waals surface area contributed by atoms with E-state index in [0.29, 0.717) is 13.0 Å². The molecule has 0 fully saturated rings. The standard InChI is InChI=1S/C13H20O2/c1-10-4-5-11(2)12(8-10)9-13(14)6-7-15-3/h4-5,8,13-14H,6-7,9H2,1-3H3. The molecule has 0 saturated carbocycles. The van der Waals surface area contributed by atoms with Crippen molar-refractivity contribution in [1.82, 2.24) is 0 Å². The molecular formula is C13H20O2. The summed E-state index contributed by atoms with van der Waals surface area (Å²) in [4.78, 5) is 0. The van der Waals surface area contributed by atoms with Gasteiger partial charge in [-0.05, 0) is 37.8 Å². The predicted octanol–water partition coefficient (Wildman–Crippen LogP) is 2.24. The number of aryl methyl sites for hydroxylation is 2. The van der Waals surface area contributed by atoms with Gasteiger partial charge >= 0.3 is 0 Å². The second-order valence-corrected chi connectivity index (χ2v) is 4.07. The number of aliphatic hydroxyl groups excluding tert-OH is 1. The molecule has 1 unspecified atom stereocenters. The van der Waals surface area contributed by atoms with E-state index < -0.39 is 0 Å². The van der Waals surface area contributed by atoms with Crippen LogP contribution in [0.5, 0.6) is 0 Å². The van der Waals surface area contributed by atoms with Crippen LogP contribution >= 0.6 is 0 Å². The van der Waals surface area contributed by atoms with Crippen LogP contribution in [-0.2, 0) is 11.2 Å². The fraction of sp³-hybridized carbons (Fsp3) is 0.538. The van der Waals surface area contributed by atoms with Crippen molar-refractivity contribution in [2.75, 3.05) is 13.7 Å². The summed E-state index contributed by atoms with van der Waals surface area (Å²) in [5, 5.41) is 9.77. The van der Waals surface area contributed by atoms with Gasteiger partial charge in [0.1, 0.15) is 0 Å². The number of hydrogen-bond acceptors (Lipinski definition) is 2. The van der Waals surface area contributed by atoms with Gasteiger partial charge < -0.3 is 9.84 Å². The number of rotatable bonds is 5. The highest BCUT2D eigenvalue weighted by molar-refractivity contribution is 5.30.